The van der Waals surface area contributed by atoms with Crippen LogP contribution in [0.1, 0.15) is 11.3 Å². The molecule has 2 N–H and O–H groups in total. The van der Waals surface area contributed by atoms with E-state index < -0.39 is 15.9 Å². The Balaban J connectivity index is 0.00000156. The molecule has 6 nitrogen and oxygen atoms in total. The fraction of sp³-hybridized carbons (Fsp3) is 0.250. The van der Waals surface area contributed by atoms with Crippen molar-refractivity contribution in [1.29, 1.82) is 0 Å². The maximum Gasteiger partial charge on any atom is 0.244 e. The number of fused-ring (bicyclic) bond motifs is 1. The van der Waals surface area contributed by atoms with E-state index in [0.717, 1.165) is 23.2 Å². The van der Waals surface area contributed by atoms with Crippen molar-refractivity contribution in [2.75, 3.05) is 11.2 Å². The monoisotopic (exact) mass is 403 g/mol. The number of aromatic nitrogens is 1. The van der Waals surface area contributed by atoms with Gasteiger partial charge >= 0.3 is 0 Å². The summed E-state index contributed by atoms with van der Waals surface area (Å²) in [5, 5.41) is 0. The number of halogens is 2. The van der Waals surface area contributed by atoms with Crippen molar-refractivity contribution >= 4 is 46.2 Å². The lowest BCUT2D eigenvalue weighted by molar-refractivity contribution is -0.120. The molecule has 1 amide bonds. The molecular weight excluding hydrogens is 385 g/mol. The molecule has 0 spiro atoms. The quantitative estimate of drug-likeness (QED) is 0.841. The van der Waals surface area contributed by atoms with E-state index in [-0.39, 0.29) is 35.6 Å². The van der Waals surface area contributed by atoms with Crippen LogP contribution in [0.4, 0.5) is 5.69 Å². The Bertz CT molecular complexity index is 857. The average molecular weight is 404 g/mol. The molecule has 0 bridgehead atoms. The average Bonchev–Trinajstić information content (AvgIpc) is 2.51. The first kappa shape index (κ1) is 21.4. The van der Waals surface area contributed by atoms with Gasteiger partial charge in [0.2, 0.25) is 5.91 Å². The Labute approximate surface area is 159 Å². The van der Waals surface area contributed by atoms with Gasteiger partial charge in [0, 0.05) is 18.9 Å². The molecule has 9 heteroatoms. The fourth-order valence-electron chi connectivity index (χ4n) is 2.63. The van der Waals surface area contributed by atoms with Crippen molar-refractivity contribution in [3.8, 4) is 0 Å². The predicted molar refractivity (Wildman–Crippen MR) is 101 cm³/mol. The van der Waals surface area contributed by atoms with Gasteiger partial charge in [-0.15, -0.1) is 24.8 Å². The van der Waals surface area contributed by atoms with E-state index in [0.29, 0.717) is 13.0 Å². The number of rotatable bonds is 3. The van der Waals surface area contributed by atoms with E-state index in [2.05, 4.69) is 4.98 Å². The van der Waals surface area contributed by atoms with E-state index in [1.165, 1.54) is 0 Å². The van der Waals surface area contributed by atoms with Crippen LogP contribution in [0, 0.1) is 0 Å². The van der Waals surface area contributed by atoms with Gasteiger partial charge in [-0.3, -0.25) is 9.78 Å². The van der Waals surface area contributed by atoms with Crippen LogP contribution in [0.25, 0.3) is 0 Å². The summed E-state index contributed by atoms with van der Waals surface area (Å²) in [6, 6.07) is 9.53. The maximum atomic E-state index is 12.4. The van der Waals surface area contributed by atoms with Crippen LogP contribution in [0.3, 0.4) is 0 Å². The second-order valence-corrected chi connectivity index (χ2v) is 7.64. The summed E-state index contributed by atoms with van der Waals surface area (Å²) in [5.74, 6) is -0.155. The Morgan fingerprint density at radius 1 is 1.20 bits per heavy atom. The van der Waals surface area contributed by atoms with Gasteiger partial charge in [0.1, 0.15) is 0 Å². The highest BCUT2D eigenvalue weighted by Gasteiger charge is 2.31. The highest BCUT2D eigenvalue weighted by atomic mass is 35.5. The van der Waals surface area contributed by atoms with Crippen LogP contribution in [0.2, 0.25) is 0 Å². The molecule has 1 aromatic heterocycles. The first-order chi connectivity index (χ1) is 10.9. The summed E-state index contributed by atoms with van der Waals surface area (Å²) in [6.07, 6.45) is 3.27. The van der Waals surface area contributed by atoms with Gasteiger partial charge in [-0.05, 0) is 29.8 Å². The predicted octanol–water partition coefficient (Wildman–Crippen LogP) is 1.75. The van der Waals surface area contributed by atoms with Crippen LogP contribution < -0.4 is 10.6 Å². The lowest BCUT2D eigenvalue weighted by Crippen LogP contribution is -2.48. The third-order valence-electron chi connectivity index (χ3n) is 3.85. The Morgan fingerprint density at radius 2 is 1.84 bits per heavy atom. The molecule has 2 heterocycles. The smallest absolute Gasteiger partial charge is 0.244 e. The number of hydrogen-bond acceptors (Lipinski definition) is 5. The van der Waals surface area contributed by atoms with Gasteiger partial charge in [0.25, 0.3) is 0 Å². The lowest BCUT2D eigenvalue weighted by Gasteiger charge is -2.32. The van der Waals surface area contributed by atoms with E-state index in [1.54, 1.807) is 41.4 Å². The van der Waals surface area contributed by atoms with Crippen molar-refractivity contribution in [2.24, 2.45) is 5.73 Å². The van der Waals surface area contributed by atoms with Gasteiger partial charge in [-0.2, -0.15) is 0 Å². The highest BCUT2D eigenvalue weighted by Crippen LogP contribution is 2.27. The van der Waals surface area contributed by atoms with Crippen molar-refractivity contribution in [3.63, 3.8) is 0 Å². The van der Waals surface area contributed by atoms with E-state index >= 15 is 0 Å². The first-order valence-electron chi connectivity index (χ1n) is 7.16. The number of pyridine rings is 1. The van der Waals surface area contributed by atoms with Crippen LogP contribution in [0.5, 0.6) is 0 Å². The van der Waals surface area contributed by atoms with Crippen LogP contribution >= 0.6 is 24.8 Å². The number of carbonyl (C=O) groups is 1. The molecule has 1 aliphatic rings. The second kappa shape index (κ2) is 8.14. The summed E-state index contributed by atoms with van der Waals surface area (Å²) in [7, 11) is -3.23. The SMILES string of the molecule is CS(=O)(=O)c1ccc(CN2C(=O)C(N)Cc3ncccc32)cc1.Cl.Cl. The molecule has 3 rings (SSSR count). The standard InChI is InChI=1S/C16H17N3O3S.2ClH/c1-23(21,22)12-6-4-11(5-7-12)10-19-15-3-2-8-18-14(15)9-13(17)16(19)20;;/h2-8,13H,9-10,17H2,1H3;2*1H. The number of nitrogens with zero attached hydrogens (tertiary/aromatic N) is 2. The van der Waals surface area contributed by atoms with Gasteiger partial charge in [0.15, 0.2) is 9.84 Å². The molecule has 1 unspecified atom stereocenters. The summed E-state index contributed by atoms with van der Waals surface area (Å²) in [4.78, 5) is 18.5. The minimum Gasteiger partial charge on any atom is -0.320 e. The molecule has 1 aromatic carbocycles. The topological polar surface area (TPSA) is 93.4 Å². The molecule has 136 valence electrons. The number of amides is 1. The number of nitrogens with two attached hydrogens (primary N) is 1. The van der Waals surface area contributed by atoms with Crippen molar-refractivity contribution in [3.05, 3.63) is 53.9 Å². The van der Waals surface area contributed by atoms with Gasteiger partial charge in [-0.1, -0.05) is 12.1 Å². The van der Waals surface area contributed by atoms with Crippen molar-refractivity contribution < 1.29 is 13.2 Å². The normalized spacial score (nSPS) is 16.5. The van der Waals surface area contributed by atoms with E-state index in [1.807, 2.05) is 6.07 Å². The van der Waals surface area contributed by atoms with Gasteiger partial charge in [-0.25, -0.2) is 8.42 Å². The van der Waals surface area contributed by atoms with E-state index in [9.17, 15) is 13.2 Å². The number of carbonyl (C=O) groups excluding carboxylic acids is 1. The number of hydrogen-bond donors (Lipinski definition) is 1. The largest absolute Gasteiger partial charge is 0.320 e. The van der Waals surface area contributed by atoms with Crippen LogP contribution in [0.15, 0.2) is 47.5 Å². The summed E-state index contributed by atoms with van der Waals surface area (Å²) in [5.41, 5.74) is 8.29. The molecule has 1 atom stereocenters. The number of benzene rings is 1. The molecule has 0 saturated heterocycles. The van der Waals surface area contributed by atoms with Crippen molar-refractivity contribution in [2.45, 2.75) is 23.9 Å². The summed E-state index contributed by atoms with van der Waals surface area (Å²) >= 11 is 0. The first-order valence-corrected chi connectivity index (χ1v) is 9.05. The highest BCUT2D eigenvalue weighted by molar-refractivity contribution is 7.90. The minimum atomic E-state index is -3.23. The zero-order valence-electron chi connectivity index (χ0n) is 13.5. The Kier molecular flexibility index (Phi) is 6.96. The molecule has 0 aliphatic carbocycles. The van der Waals surface area contributed by atoms with Crippen molar-refractivity contribution in [1.82, 2.24) is 4.98 Å². The van der Waals surface area contributed by atoms with Gasteiger partial charge in [0.05, 0.1) is 28.9 Å². The second-order valence-electron chi connectivity index (χ2n) is 5.62. The molecular formula is C16H19Cl2N3O3S. The van der Waals surface area contributed by atoms with Crippen LogP contribution in [-0.4, -0.2) is 31.6 Å². The van der Waals surface area contributed by atoms with Gasteiger partial charge < -0.3 is 10.6 Å². The molecule has 2 aromatic rings. The minimum absolute atomic E-state index is 0. The van der Waals surface area contributed by atoms with Crippen LogP contribution in [-0.2, 0) is 27.6 Å². The Morgan fingerprint density at radius 3 is 2.44 bits per heavy atom. The zero-order valence-corrected chi connectivity index (χ0v) is 15.9. The fourth-order valence-corrected chi connectivity index (χ4v) is 3.27. The number of anilines is 1. The number of sulfone groups is 1. The molecule has 0 radical (unpaired) electrons. The lowest BCUT2D eigenvalue weighted by atomic mass is 10.0. The maximum absolute atomic E-state index is 12.4. The summed E-state index contributed by atoms with van der Waals surface area (Å²) < 4.78 is 23.0. The third-order valence-corrected chi connectivity index (χ3v) is 4.97. The summed E-state index contributed by atoms with van der Waals surface area (Å²) in [6.45, 7) is 0.329. The Hall–Kier alpha value is -1.67. The molecule has 1 aliphatic heterocycles. The zero-order chi connectivity index (χ0) is 16.6. The molecule has 25 heavy (non-hydrogen) atoms. The molecule has 0 fully saturated rings. The third kappa shape index (κ3) is 4.49. The van der Waals surface area contributed by atoms with E-state index in [4.69, 9.17) is 5.73 Å². The molecule has 0 saturated carbocycles.